The molecular formula is C17H30N2O2RuS. The Hall–Kier alpha value is -0.287. The van der Waals surface area contributed by atoms with Gasteiger partial charge in [-0.25, -0.2) is 13.1 Å². The van der Waals surface area contributed by atoms with E-state index in [1.54, 1.807) is 0 Å². The number of hydrogen-bond donors (Lipinski definition) is 2. The van der Waals surface area contributed by atoms with Gasteiger partial charge < -0.3 is 5.73 Å². The van der Waals surface area contributed by atoms with E-state index >= 15 is 0 Å². The van der Waals surface area contributed by atoms with Gasteiger partial charge in [-0.2, -0.15) is 0 Å². The summed E-state index contributed by atoms with van der Waals surface area (Å²) in [6, 6.07) is 8.66. The van der Waals surface area contributed by atoms with Crippen molar-refractivity contribution in [2.75, 3.05) is 6.26 Å². The second kappa shape index (κ2) is 10.6. The topological polar surface area (TPSA) is 72.2 Å². The molecule has 1 aliphatic carbocycles. The van der Waals surface area contributed by atoms with E-state index in [4.69, 9.17) is 5.73 Å². The third-order valence-electron chi connectivity index (χ3n) is 3.93. The van der Waals surface area contributed by atoms with Crippen molar-refractivity contribution in [1.82, 2.24) is 4.72 Å². The zero-order valence-electron chi connectivity index (χ0n) is 14.5. The van der Waals surface area contributed by atoms with Crippen molar-refractivity contribution in [3.05, 3.63) is 35.4 Å². The molecule has 2 atom stereocenters. The van der Waals surface area contributed by atoms with Gasteiger partial charge in [0.15, 0.2) is 0 Å². The first-order valence-corrected chi connectivity index (χ1v) is 9.87. The fraction of sp³-hybridized carbons (Fsp3) is 0.647. The number of nitrogens with one attached hydrogen (secondary N) is 1. The molecular weight excluding hydrogens is 397 g/mol. The molecule has 3 N–H and O–H groups in total. The maximum absolute atomic E-state index is 10.9. The smallest absolute Gasteiger partial charge is 0.209 e. The van der Waals surface area contributed by atoms with Gasteiger partial charge in [-0.15, -0.1) is 0 Å². The predicted octanol–water partition coefficient (Wildman–Crippen LogP) is 2.92. The summed E-state index contributed by atoms with van der Waals surface area (Å²) in [5.74, 6) is 0.653. The molecule has 1 aromatic rings. The van der Waals surface area contributed by atoms with E-state index in [1.807, 2.05) is 0 Å². The van der Waals surface area contributed by atoms with E-state index in [2.05, 4.69) is 49.8 Å². The zero-order valence-corrected chi connectivity index (χ0v) is 17.1. The quantitative estimate of drug-likeness (QED) is 0.729. The van der Waals surface area contributed by atoms with Crippen LogP contribution in [0.15, 0.2) is 24.3 Å². The van der Waals surface area contributed by atoms with Crippen LogP contribution in [0, 0.1) is 6.92 Å². The molecule has 1 saturated carbocycles. The van der Waals surface area contributed by atoms with Gasteiger partial charge in [0.05, 0.1) is 6.26 Å². The molecule has 0 aromatic heterocycles. The SMILES string of the molecule is CS(=O)(=O)N[C@H]1CCCC[C@@H]1N.Cc1ccc(C(C)C)cc1.[Ru]. The second-order valence-corrected chi connectivity index (χ2v) is 8.29. The Kier molecular flexibility index (Phi) is 10.4. The number of hydrogen-bond acceptors (Lipinski definition) is 3. The first-order valence-electron chi connectivity index (χ1n) is 7.98. The molecule has 0 bridgehead atoms. The average Bonchev–Trinajstić information content (AvgIpc) is 2.41. The molecule has 4 nitrogen and oxygen atoms in total. The molecule has 1 aromatic carbocycles. The van der Waals surface area contributed by atoms with Crippen LogP contribution >= 0.6 is 0 Å². The minimum absolute atomic E-state index is 0. The Morgan fingerprint density at radius 3 is 2.09 bits per heavy atom. The van der Waals surface area contributed by atoms with Crippen molar-refractivity contribution < 1.29 is 27.9 Å². The number of aryl methyl sites for hydroxylation is 1. The normalized spacial score (nSPS) is 21.1. The number of benzene rings is 1. The largest absolute Gasteiger partial charge is 0.326 e. The molecule has 0 unspecified atom stereocenters. The molecule has 0 amide bonds. The average molecular weight is 428 g/mol. The van der Waals surface area contributed by atoms with E-state index in [9.17, 15) is 8.42 Å². The molecule has 0 spiro atoms. The molecule has 6 heteroatoms. The van der Waals surface area contributed by atoms with Gasteiger partial charge >= 0.3 is 0 Å². The molecule has 2 rings (SSSR count). The van der Waals surface area contributed by atoms with Crippen molar-refractivity contribution in [2.24, 2.45) is 5.73 Å². The summed E-state index contributed by atoms with van der Waals surface area (Å²) in [7, 11) is -3.09. The first kappa shape index (κ1) is 22.7. The fourth-order valence-corrected chi connectivity index (χ4v) is 3.37. The van der Waals surface area contributed by atoms with E-state index < -0.39 is 10.0 Å². The summed E-state index contributed by atoms with van der Waals surface area (Å²) in [5.41, 5.74) is 8.52. The summed E-state index contributed by atoms with van der Waals surface area (Å²) in [4.78, 5) is 0. The monoisotopic (exact) mass is 428 g/mol. The number of rotatable bonds is 3. The molecule has 0 heterocycles. The first-order chi connectivity index (χ1) is 10.2. The van der Waals surface area contributed by atoms with E-state index in [-0.39, 0.29) is 31.6 Å². The fourth-order valence-electron chi connectivity index (χ4n) is 2.53. The van der Waals surface area contributed by atoms with Crippen LogP contribution in [0.25, 0.3) is 0 Å². The third kappa shape index (κ3) is 9.56. The van der Waals surface area contributed by atoms with Crippen LogP contribution in [-0.2, 0) is 29.5 Å². The number of sulfonamides is 1. The molecule has 1 fully saturated rings. The van der Waals surface area contributed by atoms with Gasteiger partial charge in [-0.1, -0.05) is 56.5 Å². The maximum Gasteiger partial charge on any atom is 0.209 e. The Bertz CT molecular complexity index is 544. The van der Waals surface area contributed by atoms with Crippen LogP contribution in [0.2, 0.25) is 0 Å². The van der Waals surface area contributed by atoms with Gasteiger partial charge in [0, 0.05) is 31.6 Å². The Morgan fingerprint density at radius 1 is 1.13 bits per heavy atom. The molecule has 0 aliphatic heterocycles. The Balaban J connectivity index is 0.000000409. The van der Waals surface area contributed by atoms with Crippen LogP contribution < -0.4 is 10.5 Å². The van der Waals surface area contributed by atoms with E-state index in [0.29, 0.717) is 5.92 Å². The Morgan fingerprint density at radius 2 is 1.65 bits per heavy atom. The molecule has 0 saturated heterocycles. The van der Waals surface area contributed by atoms with Crippen LogP contribution in [0.5, 0.6) is 0 Å². The number of nitrogens with two attached hydrogens (primary N) is 1. The summed E-state index contributed by atoms with van der Waals surface area (Å²) < 4.78 is 24.3. The third-order valence-corrected chi connectivity index (χ3v) is 4.66. The molecule has 134 valence electrons. The van der Waals surface area contributed by atoms with Gasteiger partial charge in [0.1, 0.15) is 0 Å². The standard InChI is InChI=1S/C10H14.C7H16N2O2S.Ru/c1-8(2)10-6-4-9(3)5-7-10;1-12(10,11)9-7-5-3-2-4-6(7)8;/h4-8H,1-3H3;6-7,9H,2-5,8H2,1H3;/t;6-,7-;/m.0./s1. The summed E-state index contributed by atoms with van der Waals surface area (Å²) in [6.07, 6.45) is 5.15. The van der Waals surface area contributed by atoms with Crippen LogP contribution in [0.3, 0.4) is 0 Å². The van der Waals surface area contributed by atoms with Crippen LogP contribution in [0.4, 0.5) is 0 Å². The molecule has 23 heavy (non-hydrogen) atoms. The summed E-state index contributed by atoms with van der Waals surface area (Å²) in [6.45, 7) is 6.54. The predicted molar refractivity (Wildman–Crippen MR) is 93.5 cm³/mol. The molecule has 0 radical (unpaired) electrons. The van der Waals surface area contributed by atoms with Crippen molar-refractivity contribution in [2.45, 2.75) is 64.5 Å². The van der Waals surface area contributed by atoms with Crippen molar-refractivity contribution in [3.63, 3.8) is 0 Å². The maximum atomic E-state index is 10.9. The minimum atomic E-state index is -3.09. The van der Waals surface area contributed by atoms with E-state index in [0.717, 1.165) is 25.7 Å². The summed E-state index contributed by atoms with van der Waals surface area (Å²) in [5, 5.41) is 0. The second-order valence-electron chi connectivity index (χ2n) is 6.51. The van der Waals surface area contributed by atoms with Gasteiger partial charge in [-0.3, -0.25) is 0 Å². The summed E-state index contributed by atoms with van der Waals surface area (Å²) >= 11 is 0. The zero-order chi connectivity index (χ0) is 16.8. The van der Waals surface area contributed by atoms with Gasteiger partial charge in [0.2, 0.25) is 10.0 Å². The van der Waals surface area contributed by atoms with Crippen LogP contribution in [-0.4, -0.2) is 26.8 Å². The van der Waals surface area contributed by atoms with E-state index in [1.165, 1.54) is 17.4 Å². The minimum Gasteiger partial charge on any atom is -0.326 e. The van der Waals surface area contributed by atoms with Crippen LogP contribution in [0.1, 0.15) is 56.6 Å². The van der Waals surface area contributed by atoms with Gasteiger partial charge in [-0.05, 0) is 31.2 Å². The van der Waals surface area contributed by atoms with Gasteiger partial charge in [0.25, 0.3) is 0 Å². The van der Waals surface area contributed by atoms with Crippen molar-refractivity contribution in [1.29, 1.82) is 0 Å². The van der Waals surface area contributed by atoms with Crippen molar-refractivity contribution >= 4 is 10.0 Å². The Labute approximate surface area is 154 Å². The van der Waals surface area contributed by atoms with Crippen molar-refractivity contribution in [3.8, 4) is 0 Å². The molecule has 1 aliphatic rings.